The number of aromatic nitrogens is 2. The third kappa shape index (κ3) is 5.54. The van der Waals surface area contributed by atoms with Crippen LogP contribution in [0.1, 0.15) is 62.1 Å². The fourth-order valence-corrected chi connectivity index (χ4v) is 4.36. The summed E-state index contributed by atoms with van der Waals surface area (Å²) in [5.41, 5.74) is 2.06. The van der Waals surface area contributed by atoms with E-state index in [1.165, 1.54) is 25.7 Å². The predicted molar refractivity (Wildman–Crippen MR) is 122 cm³/mol. The van der Waals surface area contributed by atoms with Crippen LogP contribution in [0.3, 0.4) is 0 Å². The van der Waals surface area contributed by atoms with E-state index in [2.05, 4.69) is 22.5 Å². The summed E-state index contributed by atoms with van der Waals surface area (Å²) in [6, 6.07) is 17.9. The first-order valence-corrected chi connectivity index (χ1v) is 11.2. The molecule has 2 aromatic carbocycles. The second kappa shape index (κ2) is 9.82. The molecular formula is C26H31N3O2. The summed E-state index contributed by atoms with van der Waals surface area (Å²) in [6.45, 7) is 1.94. The molecule has 0 saturated heterocycles. The minimum Gasteiger partial charge on any atom is -0.457 e. The van der Waals surface area contributed by atoms with Crippen molar-refractivity contribution in [3.05, 3.63) is 78.1 Å². The number of amides is 1. The van der Waals surface area contributed by atoms with Gasteiger partial charge in [-0.1, -0.05) is 56.0 Å². The minimum absolute atomic E-state index is 0.000460. The summed E-state index contributed by atoms with van der Waals surface area (Å²) >= 11 is 0. The predicted octanol–water partition coefficient (Wildman–Crippen LogP) is 5.75. The molecule has 0 aliphatic heterocycles. The molecule has 4 rings (SSSR count). The number of carbonyl (C=O) groups is 1. The molecule has 31 heavy (non-hydrogen) atoms. The molecule has 1 fully saturated rings. The number of rotatable bonds is 8. The number of aryl methyl sites for hydroxylation is 1. The molecule has 0 spiro atoms. The van der Waals surface area contributed by atoms with Gasteiger partial charge in [-0.15, -0.1) is 0 Å². The lowest BCUT2D eigenvalue weighted by molar-refractivity contribution is -0.123. The number of hydrogen-bond donors (Lipinski definition) is 1. The van der Waals surface area contributed by atoms with Crippen molar-refractivity contribution < 1.29 is 9.53 Å². The molecule has 5 heteroatoms. The van der Waals surface area contributed by atoms with Crippen LogP contribution in [0.2, 0.25) is 0 Å². The summed E-state index contributed by atoms with van der Waals surface area (Å²) in [7, 11) is 1.87. The van der Waals surface area contributed by atoms with Gasteiger partial charge in [-0.2, -0.15) is 5.10 Å². The maximum atomic E-state index is 13.0. The van der Waals surface area contributed by atoms with Crippen LogP contribution in [0.4, 0.5) is 0 Å². The second-order valence-electron chi connectivity index (χ2n) is 8.60. The lowest BCUT2D eigenvalue weighted by Crippen LogP contribution is -2.33. The van der Waals surface area contributed by atoms with Gasteiger partial charge in [0, 0.05) is 18.8 Å². The zero-order valence-electron chi connectivity index (χ0n) is 18.3. The van der Waals surface area contributed by atoms with E-state index in [9.17, 15) is 4.79 Å². The number of nitrogens with zero attached hydrogens (tertiary/aromatic N) is 2. The van der Waals surface area contributed by atoms with Crippen LogP contribution in [0.25, 0.3) is 0 Å². The molecule has 1 aliphatic rings. The van der Waals surface area contributed by atoms with Gasteiger partial charge in [-0.05, 0) is 49.1 Å². The Hall–Kier alpha value is -3.08. The Labute approximate surface area is 184 Å². The highest BCUT2D eigenvalue weighted by molar-refractivity contribution is 5.83. The molecular weight excluding hydrogens is 386 g/mol. The Morgan fingerprint density at radius 3 is 2.39 bits per heavy atom. The van der Waals surface area contributed by atoms with Crippen LogP contribution < -0.4 is 10.1 Å². The molecule has 1 saturated carbocycles. The van der Waals surface area contributed by atoms with E-state index in [1.807, 2.05) is 62.6 Å². The van der Waals surface area contributed by atoms with E-state index in [-0.39, 0.29) is 17.9 Å². The maximum absolute atomic E-state index is 13.0. The van der Waals surface area contributed by atoms with E-state index in [4.69, 9.17) is 4.74 Å². The van der Waals surface area contributed by atoms with Gasteiger partial charge < -0.3 is 10.1 Å². The fourth-order valence-electron chi connectivity index (χ4n) is 4.36. The highest BCUT2D eigenvalue weighted by Gasteiger charge is 2.25. The highest BCUT2D eigenvalue weighted by atomic mass is 16.5. The zero-order chi connectivity index (χ0) is 21.6. The Morgan fingerprint density at radius 1 is 1.06 bits per heavy atom. The Kier molecular flexibility index (Phi) is 6.70. The Balaban J connectivity index is 1.48. The van der Waals surface area contributed by atoms with E-state index in [0.29, 0.717) is 5.92 Å². The van der Waals surface area contributed by atoms with Crippen molar-refractivity contribution in [2.75, 3.05) is 0 Å². The maximum Gasteiger partial charge on any atom is 0.227 e. The molecule has 0 radical (unpaired) electrons. The van der Waals surface area contributed by atoms with Crippen molar-refractivity contribution >= 4 is 5.91 Å². The molecule has 2 atom stereocenters. The first-order valence-electron chi connectivity index (χ1n) is 11.2. The van der Waals surface area contributed by atoms with Crippen molar-refractivity contribution in [3.8, 4) is 11.5 Å². The number of benzene rings is 2. The van der Waals surface area contributed by atoms with Crippen LogP contribution in [-0.2, 0) is 11.8 Å². The second-order valence-corrected chi connectivity index (χ2v) is 8.60. The number of para-hydroxylation sites is 1. The Bertz CT molecular complexity index is 975. The number of ether oxygens (including phenoxy) is 1. The van der Waals surface area contributed by atoms with E-state index in [1.54, 1.807) is 10.9 Å². The molecule has 1 N–H and O–H groups in total. The van der Waals surface area contributed by atoms with Crippen molar-refractivity contribution in [2.24, 2.45) is 13.0 Å². The number of nitrogens with one attached hydrogen (secondary N) is 1. The SMILES string of the molecule is CC(C(=O)NC(CC1CCCC1)c1ccc(Oc2ccccc2)cc1)c1cnn(C)c1. The first kappa shape index (κ1) is 21.2. The summed E-state index contributed by atoms with van der Waals surface area (Å²) < 4.78 is 7.67. The van der Waals surface area contributed by atoms with Crippen LogP contribution >= 0.6 is 0 Å². The van der Waals surface area contributed by atoms with Gasteiger partial charge in [0.25, 0.3) is 0 Å². The number of carbonyl (C=O) groups excluding carboxylic acids is 1. The molecule has 2 unspecified atom stereocenters. The largest absolute Gasteiger partial charge is 0.457 e. The van der Waals surface area contributed by atoms with Gasteiger partial charge in [0.1, 0.15) is 11.5 Å². The summed E-state index contributed by atoms with van der Waals surface area (Å²) in [5, 5.41) is 7.53. The van der Waals surface area contributed by atoms with Crippen LogP contribution in [0.5, 0.6) is 11.5 Å². The van der Waals surface area contributed by atoms with Crippen LogP contribution in [0.15, 0.2) is 67.0 Å². The monoisotopic (exact) mass is 417 g/mol. The molecule has 0 bridgehead atoms. The van der Waals surface area contributed by atoms with Gasteiger partial charge in [-0.3, -0.25) is 9.48 Å². The first-order chi connectivity index (χ1) is 15.1. The van der Waals surface area contributed by atoms with Gasteiger partial charge in [0.05, 0.1) is 18.2 Å². The van der Waals surface area contributed by atoms with Gasteiger partial charge >= 0.3 is 0 Å². The molecule has 1 amide bonds. The van der Waals surface area contributed by atoms with E-state index >= 15 is 0 Å². The summed E-state index contributed by atoms with van der Waals surface area (Å²) in [5.74, 6) is 2.08. The van der Waals surface area contributed by atoms with Crippen LogP contribution in [-0.4, -0.2) is 15.7 Å². The third-order valence-electron chi connectivity index (χ3n) is 6.24. The molecule has 1 aromatic heterocycles. The minimum atomic E-state index is -0.236. The van der Waals surface area contributed by atoms with Crippen LogP contribution in [0, 0.1) is 5.92 Å². The molecule has 5 nitrogen and oxygen atoms in total. The van der Waals surface area contributed by atoms with Crippen molar-refractivity contribution in [3.63, 3.8) is 0 Å². The van der Waals surface area contributed by atoms with Crippen molar-refractivity contribution in [1.29, 1.82) is 0 Å². The fraction of sp³-hybridized carbons (Fsp3) is 0.385. The molecule has 162 valence electrons. The standard InChI is InChI=1S/C26H31N3O2/c1-19(22-17-27-29(2)18-22)26(30)28-25(16-20-8-6-7-9-20)21-12-14-24(15-13-21)31-23-10-4-3-5-11-23/h3-5,10-15,17-20,25H,6-9,16H2,1-2H3,(H,28,30). The molecule has 1 heterocycles. The average molecular weight is 418 g/mol. The van der Waals surface area contributed by atoms with E-state index < -0.39 is 0 Å². The number of hydrogen-bond acceptors (Lipinski definition) is 3. The zero-order valence-corrected chi connectivity index (χ0v) is 18.3. The Morgan fingerprint density at radius 2 is 1.74 bits per heavy atom. The third-order valence-corrected chi connectivity index (χ3v) is 6.24. The van der Waals surface area contributed by atoms with Crippen molar-refractivity contribution in [1.82, 2.24) is 15.1 Å². The normalized spacial score (nSPS) is 16.1. The molecule has 1 aliphatic carbocycles. The molecule has 3 aromatic rings. The summed E-state index contributed by atoms with van der Waals surface area (Å²) in [6.07, 6.45) is 9.74. The lowest BCUT2D eigenvalue weighted by Gasteiger charge is -2.24. The highest BCUT2D eigenvalue weighted by Crippen LogP contribution is 2.34. The van der Waals surface area contributed by atoms with E-state index in [0.717, 1.165) is 29.0 Å². The quantitative estimate of drug-likeness (QED) is 0.507. The average Bonchev–Trinajstić information content (AvgIpc) is 3.46. The lowest BCUT2D eigenvalue weighted by atomic mass is 9.92. The summed E-state index contributed by atoms with van der Waals surface area (Å²) in [4.78, 5) is 13.0. The smallest absolute Gasteiger partial charge is 0.227 e. The topological polar surface area (TPSA) is 56.1 Å². The van der Waals surface area contributed by atoms with Gasteiger partial charge in [-0.25, -0.2) is 0 Å². The van der Waals surface area contributed by atoms with Crippen molar-refractivity contribution in [2.45, 2.75) is 51.0 Å². The van der Waals surface area contributed by atoms with Gasteiger partial charge in [0.15, 0.2) is 0 Å². The van der Waals surface area contributed by atoms with Gasteiger partial charge in [0.2, 0.25) is 5.91 Å².